The molecular formula is C23H17F2N5. The van der Waals surface area contributed by atoms with E-state index in [-0.39, 0.29) is 12.0 Å². The fourth-order valence-electron chi connectivity index (χ4n) is 3.56. The van der Waals surface area contributed by atoms with Gasteiger partial charge in [0, 0.05) is 58.5 Å². The number of fused-ring (bicyclic) bond motifs is 2. The van der Waals surface area contributed by atoms with E-state index in [9.17, 15) is 8.78 Å². The van der Waals surface area contributed by atoms with Crippen molar-refractivity contribution in [1.82, 2.24) is 19.9 Å². The Balaban J connectivity index is 1.34. The van der Waals surface area contributed by atoms with Gasteiger partial charge in [0.15, 0.2) is 0 Å². The number of halogens is 2. The van der Waals surface area contributed by atoms with E-state index in [0.29, 0.717) is 23.3 Å². The molecule has 0 amide bonds. The zero-order chi connectivity index (χ0) is 20.5. The summed E-state index contributed by atoms with van der Waals surface area (Å²) in [5.74, 6) is -0.566. The molecule has 30 heavy (non-hydrogen) atoms. The van der Waals surface area contributed by atoms with Crippen LogP contribution in [0.25, 0.3) is 33.1 Å². The maximum absolute atomic E-state index is 14.7. The van der Waals surface area contributed by atoms with Crippen molar-refractivity contribution >= 4 is 27.6 Å². The number of aromatic amines is 1. The maximum Gasteiger partial charge on any atom is 0.138 e. The molecule has 0 aliphatic heterocycles. The fraction of sp³-hybridized carbons (Fsp3) is 0.0870. The van der Waals surface area contributed by atoms with Crippen molar-refractivity contribution in [2.75, 3.05) is 11.9 Å². The lowest BCUT2D eigenvalue weighted by molar-refractivity contribution is 0.565. The molecule has 0 spiro atoms. The second-order valence-electron chi connectivity index (χ2n) is 6.97. The molecular weight excluding hydrogens is 384 g/mol. The zero-order valence-corrected chi connectivity index (χ0v) is 15.9. The van der Waals surface area contributed by atoms with Gasteiger partial charge in [-0.3, -0.25) is 4.98 Å². The minimum absolute atomic E-state index is 0.0372. The third kappa shape index (κ3) is 3.34. The molecule has 0 saturated carbocycles. The molecule has 5 aromatic rings. The summed E-state index contributed by atoms with van der Waals surface area (Å²) < 4.78 is 29.1. The summed E-state index contributed by atoms with van der Waals surface area (Å²) in [6.07, 6.45) is 5.06. The van der Waals surface area contributed by atoms with Gasteiger partial charge in [0.25, 0.3) is 0 Å². The monoisotopic (exact) mass is 401 g/mol. The number of hydrogen-bond acceptors (Lipinski definition) is 4. The van der Waals surface area contributed by atoms with Crippen LogP contribution in [0.4, 0.5) is 14.6 Å². The Hall–Kier alpha value is -3.87. The van der Waals surface area contributed by atoms with Gasteiger partial charge in [0.1, 0.15) is 23.8 Å². The molecule has 3 heterocycles. The van der Waals surface area contributed by atoms with E-state index < -0.39 is 11.6 Å². The Bertz CT molecular complexity index is 1360. The molecule has 0 bridgehead atoms. The number of H-pyrrole nitrogens is 1. The van der Waals surface area contributed by atoms with Gasteiger partial charge < -0.3 is 10.3 Å². The van der Waals surface area contributed by atoms with Gasteiger partial charge in [-0.25, -0.2) is 18.7 Å². The van der Waals surface area contributed by atoms with E-state index in [4.69, 9.17) is 0 Å². The third-order valence-corrected chi connectivity index (χ3v) is 5.09. The smallest absolute Gasteiger partial charge is 0.138 e. The van der Waals surface area contributed by atoms with Crippen LogP contribution in [-0.4, -0.2) is 26.5 Å². The van der Waals surface area contributed by atoms with Gasteiger partial charge in [0.05, 0.1) is 11.2 Å². The standard InChI is InChI=1S/C23H17F2N5/c24-18-11-21-17(2-1-7-26-21)23(25)16(18)6-9-28-22-12-20(29-13-30-22)14-3-4-19-15(10-14)5-8-27-19/h1-5,7-8,10-13,27H,6,9H2,(H,28,29,30). The highest BCUT2D eigenvalue weighted by molar-refractivity contribution is 5.84. The summed E-state index contributed by atoms with van der Waals surface area (Å²) in [4.78, 5) is 15.7. The van der Waals surface area contributed by atoms with Crippen molar-refractivity contribution in [2.24, 2.45) is 0 Å². The lowest BCUT2D eigenvalue weighted by atomic mass is 10.1. The van der Waals surface area contributed by atoms with Gasteiger partial charge >= 0.3 is 0 Å². The minimum atomic E-state index is -0.594. The number of anilines is 1. The molecule has 0 unspecified atom stereocenters. The van der Waals surface area contributed by atoms with E-state index in [1.165, 1.54) is 18.6 Å². The minimum Gasteiger partial charge on any atom is -0.370 e. The Morgan fingerprint density at radius 3 is 2.83 bits per heavy atom. The molecule has 7 heteroatoms. The van der Waals surface area contributed by atoms with Gasteiger partial charge in [-0.2, -0.15) is 0 Å². The number of rotatable bonds is 5. The highest BCUT2D eigenvalue weighted by atomic mass is 19.1. The average Bonchev–Trinajstić information content (AvgIpc) is 3.24. The van der Waals surface area contributed by atoms with E-state index in [0.717, 1.165) is 22.2 Å². The predicted octanol–water partition coefficient (Wildman–Crippen LogP) is 5.11. The van der Waals surface area contributed by atoms with Gasteiger partial charge in [-0.15, -0.1) is 0 Å². The molecule has 2 aromatic carbocycles. The quantitative estimate of drug-likeness (QED) is 0.430. The first-order valence-electron chi connectivity index (χ1n) is 9.54. The Labute approximate surface area is 170 Å². The maximum atomic E-state index is 14.7. The second-order valence-corrected chi connectivity index (χ2v) is 6.97. The summed E-state index contributed by atoms with van der Waals surface area (Å²) in [6, 6.07) is 14.4. The predicted molar refractivity (Wildman–Crippen MR) is 113 cm³/mol. The molecule has 2 N–H and O–H groups in total. The van der Waals surface area contributed by atoms with E-state index in [2.05, 4.69) is 25.3 Å². The first kappa shape index (κ1) is 18.2. The van der Waals surface area contributed by atoms with Crippen LogP contribution in [0, 0.1) is 11.6 Å². The van der Waals surface area contributed by atoms with Crippen molar-refractivity contribution in [3.05, 3.63) is 84.4 Å². The van der Waals surface area contributed by atoms with Gasteiger partial charge in [-0.05, 0) is 36.8 Å². The number of benzene rings is 2. The van der Waals surface area contributed by atoms with Crippen molar-refractivity contribution in [2.45, 2.75) is 6.42 Å². The number of hydrogen-bond donors (Lipinski definition) is 2. The number of aromatic nitrogens is 4. The zero-order valence-electron chi connectivity index (χ0n) is 15.9. The Morgan fingerprint density at radius 1 is 0.967 bits per heavy atom. The van der Waals surface area contributed by atoms with Gasteiger partial charge in [0.2, 0.25) is 0 Å². The molecule has 0 atom stereocenters. The molecule has 0 aliphatic carbocycles. The van der Waals surface area contributed by atoms with E-state index >= 15 is 0 Å². The largest absolute Gasteiger partial charge is 0.370 e. The van der Waals surface area contributed by atoms with Crippen LogP contribution in [0.5, 0.6) is 0 Å². The van der Waals surface area contributed by atoms with E-state index in [1.54, 1.807) is 12.1 Å². The van der Waals surface area contributed by atoms with Crippen LogP contribution in [0.3, 0.4) is 0 Å². The molecule has 0 radical (unpaired) electrons. The van der Waals surface area contributed by atoms with Crippen molar-refractivity contribution in [3.63, 3.8) is 0 Å². The number of pyridine rings is 1. The van der Waals surface area contributed by atoms with Crippen molar-refractivity contribution in [3.8, 4) is 11.3 Å². The summed E-state index contributed by atoms with van der Waals surface area (Å²) in [5, 5.41) is 4.54. The third-order valence-electron chi connectivity index (χ3n) is 5.09. The topological polar surface area (TPSA) is 66.5 Å². The summed E-state index contributed by atoms with van der Waals surface area (Å²) >= 11 is 0. The van der Waals surface area contributed by atoms with Crippen LogP contribution < -0.4 is 5.32 Å². The van der Waals surface area contributed by atoms with Crippen LogP contribution in [0.2, 0.25) is 0 Å². The Morgan fingerprint density at radius 2 is 1.90 bits per heavy atom. The molecule has 0 aliphatic rings. The fourth-order valence-corrected chi connectivity index (χ4v) is 3.56. The molecule has 5 rings (SSSR count). The van der Waals surface area contributed by atoms with Crippen molar-refractivity contribution < 1.29 is 8.78 Å². The Kier molecular flexibility index (Phi) is 4.55. The highest BCUT2D eigenvalue weighted by Gasteiger charge is 2.14. The van der Waals surface area contributed by atoms with Crippen LogP contribution in [-0.2, 0) is 6.42 Å². The number of nitrogens with one attached hydrogen (secondary N) is 2. The molecule has 5 nitrogen and oxygen atoms in total. The van der Waals surface area contributed by atoms with Crippen LogP contribution >= 0.6 is 0 Å². The molecule has 3 aromatic heterocycles. The van der Waals surface area contributed by atoms with Crippen molar-refractivity contribution in [1.29, 1.82) is 0 Å². The second kappa shape index (κ2) is 7.51. The van der Waals surface area contributed by atoms with E-state index in [1.807, 2.05) is 36.5 Å². The lowest BCUT2D eigenvalue weighted by Crippen LogP contribution is -2.09. The lowest BCUT2D eigenvalue weighted by Gasteiger charge is -2.10. The summed E-state index contributed by atoms with van der Waals surface area (Å²) in [7, 11) is 0. The summed E-state index contributed by atoms with van der Waals surface area (Å²) in [6.45, 7) is 0.326. The summed E-state index contributed by atoms with van der Waals surface area (Å²) in [5.41, 5.74) is 3.14. The molecule has 0 saturated heterocycles. The molecule has 148 valence electrons. The highest BCUT2D eigenvalue weighted by Crippen LogP contribution is 2.25. The average molecular weight is 401 g/mol. The first-order chi connectivity index (χ1) is 14.7. The molecule has 0 fully saturated rings. The number of nitrogens with zero attached hydrogens (tertiary/aromatic N) is 3. The SMILES string of the molecule is Fc1cc2ncccc2c(F)c1CCNc1cc(-c2ccc3[nH]ccc3c2)ncn1. The normalized spacial score (nSPS) is 11.3. The first-order valence-corrected chi connectivity index (χ1v) is 9.54. The van der Waals surface area contributed by atoms with Gasteiger partial charge in [-0.1, -0.05) is 6.07 Å². The van der Waals surface area contributed by atoms with Crippen LogP contribution in [0.15, 0.2) is 67.3 Å². The van der Waals surface area contributed by atoms with Crippen LogP contribution in [0.1, 0.15) is 5.56 Å².